The van der Waals surface area contributed by atoms with Crippen LogP contribution in [0.15, 0.2) is 24.3 Å². The molecule has 0 aliphatic carbocycles. The van der Waals surface area contributed by atoms with E-state index in [1.165, 1.54) is 4.31 Å². The summed E-state index contributed by atoms with van der Waals surface area (Å²) in [6, 6.07) is 7.29. The van der Waals surface area contributed by atoms with Crippen LogP contribution in [0.4, 0.5) is 0 Å². The fraction of sp³-hybridized carbons (Fsp3) is 0.533. The summed E-state index contributed by atoms with van der Waals surface area (Å²) in [7, 11) is -3.19. The first kappa shape index (κ1) is 17.2. The van der Waals surface area contributed by atoms with E-state index in [-0.39, 0.29) is 18.1 Å². The lowest BCUT2D eigenvalue weighted by Crippen LogP contribution is -2.38. The maximum Gasteiger partial charge on any atom is 0.227 e. The molecule has 2 rings (SSSR count). The Labute approximate surface area is 136 Å². The van der Waals surface area contributed by atoms with Crippen LogP contribution in [-0.4, -0.2) is 55.5 Å². The maximum atomic E-state index is 12.4. The highest BCUT2D eigenvalue weighted by molar-refractivity contribution is 7.89. The van der Waals surface area contributed by atoms with Crippen LogP contribution in [0, 0.1) is 0 Å². The number of benzene rings is 1. The summed E-state index contributed by atoms with van der Waals surface area (Å²) >= 11 is 6.08. The summed E-state index contributed by atoms with van der Waals surface area (Å²) in [6.45, 7) is 3.50. The van der Waals surface area contributed by atoms with Gasteiger partial charge in [-0.1, -0.05) is 29.8 Å². The van der Waals surface area contributed by atoms with Crippen molar-refractivity contribution in [3.63, 3.8) is 0 Å². The number of carbonyl (C=O) groups excluding carboxylic acids is 1. The van der Waals surface area contributed by atoms with Crippen molar-refractivity contribution in [3.05, 3.63) is 34.9 Å². The molecule has 1 amide bonds. The number of hydrogen-bond donors (Lipinski definition) is 0. The SMILES string of the molecule is CCS(=O)(=O)N1CCCN(C(=O)Cc2ccccc2Cl)CC1. The smallest absolute Gasteiger partial charge is 0.227 e. The second-order valence-corrected chi connectivity index (χ2v) is 7.97. The number of hydrogen-bond acceptors (Lipinski definition) is 3. The van der Waals surface area contributed by atoms with E-state index >= 15 is 0 Å². The van der Waals surface area contributed by atoms with Crippen LogP contribution in [0.25, 0.3) is 0 Å². The quantitative estimate of drug-likeness (QED) is 0.836. The fourth-order valence-corrected chi connectivity index (χ4v) is 3.86. The molecule has 1 fully saturated rings. The van der Waals surface area contributed by atoms with Gasteiger partial charge in [0.25, 0.3) is 0 Å². The lowest BCUT2D eigenvalue weighted by molar-refractivity contribution is -0.130. The summed E-state index contributed by atoms with van der Waals surface area (Å²) in [5.74, 6) is 0.0875. The summed E-state index contributed by atoms with van der Waals surface area (Å²) < 4.78 is 25.3. The molecule has 122 valence electrons. The Kier molecular flexibility index (Phi) is 5.83. The van der Waals surface area contributed by atoms with Crippen molar-refractivity contribution in [2.45, 2.75) is 19.8 Å². The van der Waals surface area contributed by atoms with Crippen molar-refractivity contribution in [3.8, 4) is 0 Å². The van der Waals surface area contributed by atoms with E-state index < -0.39 is 10.0 Å². The first-order valence-electron chi connectivity index (χ1n) is 7.43. The van der Waals surface area contributed by atoms with Gasteiger partial charge in [0, 0.05) is 31.2 Å². The highest BCUT2D eigenvalue weighted by atomic mass is 35.5. The van der Waals surface area contributed by atoms with E-state index in [0.717, 1.165) is 5.56 Å². The molecule has 0 aromatic heterocycles. The molecule has 0 spiro atoms. The average molecular weight is 345 g/mol. The first-order chi connectivity index (χ1) is 10.4. The van der Waals surface area contributed by atoms with Crippen LogP contribution >= 0.6 is 11.6 Å². The second kappa shape index (κ2) is 7.44. The molecule has 1 aromatic rings. The predicted octanol–water partition coefficient (Wildman–Crippen LogP) is 1.77. The molecule has 22 heavy (non-hydrogen) atoms. The van der Waals surface area contributed by atoms with Gasteiger partial charge in [-0.3, -0.25) is 4.79 Å². The monoisotopic (exact) mass is 344 g/mol. The zero-order chi connectivity index (χ0) is 16.2. The maximum absolute atomic E-state index is 12.4. The molecular formula is C15H21ClN2O3S. The van der Waals surface area contributed by atoms with E-state index in [1.54, 1.807) is 17.9 Å². The van der Waals surface area contributed by atoms with E-state index in [9.17, 15) is 13.2 Å². The van der Waals surface area contributed by atoms with Gasteiger partial charge in [0.1, 0.15) is 0 Å². The van der Waals surface area contributed by atoms with Crippen LogP contribution in [0.5, 0.6) is 0 Å². The molecule has 1 aromatic carbocycles. The van der Waals surface area contributed by atoms with E-state index in [0.29, 0.717) is 37.6 Å². The standard InChI is InChI=1S/C15H21ClN2O3S/c1-2-22(20,21)18-9-5-8-17(10-11-18)15(19)12-13-6-3-4-7-14(13)16/h3-4,6-7H,2,5,8-12H2,1H3. The summed E-state index contributed by atoms with van der Waals surface area (Å²) in [6.07, 6.45) is 0.910. The Morgan fingerprint density at radius 1 is 1.18 bits per heavy atom. The molecule has 7 heteroatoms. The minimum atomic E-state index is -3.19. The van der Waals surface area contributed by atoms with Crippen molar-refractivity contribution >= 4 is 27.5 Å². The van der Waals surface area contributed by atoms with Crippen molar-refractivity contribution in [2.24, 2.45) is 0 Å². The third kappa shape index (κ3) is 4.21. The van der Waals surface area contributed by atoms with Crippen molar-refractivity contribution < 1.29 is 13.2 Å². The zero-order valence-electron chi connectivity index (χ0n) is 12.7. The molecule has 1 saturated heterocycles. The number of carbonyl (C=O) groups is 1. The fourth-order valence-electron chi connectivity index (χ4n) is 2.52. The summed E-state index contributed by atoms with van der Waals surface area (Å²) in [5.41, 5.74) is 0.802. The molecular weight excluding hydrogens is 324 g/mol. The summed E-state index contributed by atoms with van der Waals surface area (Å²) in [4.78, 5) is 14.1. The number of rotatable bonds is 4. The van der Waals surface area contributed by atoms with Crippen LogP contribution < -0.4 is 0 Å². The van der Waals surface area contributed by atoms with Crippen LogP contribution in [-0.2, 0) is 21.2 Å². The van der Waals surface area contributed by atoms with Gasteiger partial charge < -0.3 is 4.90 Å². The van der Waals surface area contributed by atoms with Gasteiger partial charge in [0.05, 0.1) is 12.2 Å². The number of amides is 1. The highest BCUT2D eigenvalue weighted by Crippen LogP contribution is 2.17. The lowest BCUT2D eigenvalue weighted by Gasteiger charge is -2.21. The Balaban J connectivity index is 1.99. The molecule has 1 aliphatic heterocycles. The molecule has 1 heterocycles. The number of nitrogens with zero attached hydrogens (tertiary/aromatic N) is 2. The Morgan fingerprint density at radius 3 is 2.59 bits per heavy atom. The Hall–Kier alpha value is -1.11. The van der Waals surface area contributed by atoms with Crippen molar-refractivity contribution in [1.29, 1.82) is 0 Å². The van der Waals surface area contributed by atoms with Gasteiger partial charge in [0.15, 0.2) is 0 Å². The highest BCUT2D eigenvalue weighted by Gasteiger charge is 2.25. The average Bonchev–Trinajstić information content (AvgIpc) is 2.76. The zero-order valence-corrected chi connectivity index (χ0v) is 14.2. The normalized spacial score (nSPS) is 17.3. The van der Waals surface area contributed by atoms with Crippen LogP contribution in [0.2, 0.25) is 5.02 Å². The molecule has 5 nitrogen and oxygen atoms in total. The molecule has 1 aliphatic rings. The van der Waals surface area contributed by atoms with Gasteiger partial charge in [0.2, 0.25) is 15.9 Å². The number of sulfonamides is 1. The minimum absolute atomic E-state index is 0.0103. The molecule has 0 radical (unpaired) electrons. The van der Waals surface area contributed by atoms with E-state index in [4.69, 9.17) is 11.6 Å². The van der Waals surface area contributed by atoms with Crippen LogP contribution in [0.3, 0.4) is 0 Å². The number of halogens is 1. The van der Waals surface area contributed by atoms with Crippen LogP contribution in [0.1, 0.15) is 18.9 Å². The van der Waals surface area contributed by atoms with Gasteiger partial charge in [-0.2, -0.15) is 0 Å². The lowest BCUT2D eigenvalue weighted by atomic mass is 10.1. The molecule has 0 saturated carbocycles. The first-order valence-corrected chi connectivity index (χ1v) is 9.41. The molecule has 0 atom stereocenters. The third-order valence-electron chi connectivity index (χ3n) is 3.87. The predicted molar refractivity (Wildman–Crippen MR) is 87.4 cm³/mol. The Bertz CT molecular complexity index is 633. The van der Waals surface area contributed by atoms with Gasteiger partial charge in [-0.05, 0) is 25.0 Å². The van der Waals surface area contributed by atoms with E-state index in [2.05, 4.69) is 0 Å². The van der Waals surface area contributed by atoms with E-state index in [1.807, 2.05) is 18.2 Å². The van der Waals surface area contributed by atoms with Crippen molar-refractivity contribution in [1.82, 2.24) is 9.21 Å². The van der Waals surface area contributed by atoms with Gasteiger partial charge in [-0.25, -0.2) is 12.7 Å². The van der Waals surface area contributed by atoms with Crippen molar-refractivity contribution in [2.75, 3.05) is 31.9 Å². The van der Waals surface area contributed by atoms with Gasteiger partial charge >= 0.3 is 0 Å². The van der Waals surface area contributed by atoms with Gasteiger partial charge in [-0.15, -0.1) is 0 Å². The largest absolute Gasteiger partial charge is 0.341 e. The Morgan fingerprint density at radius 2 is 1.91 bits per heavy atom. The molecule has 0 N–H and O–H groups in total. The third-order valence-corrected chi connectivity index (χ3v) is 6.12. The molecule has 0 unspecified atom stereocenters. The molecule has 0 bridgehead atoms. The minimum Gasteiger partial charge on any atom is -0.341 e. The second-order valence-electron chi connectivity index (χ2n) is 5.30. The summed E-state index contributed by atoms with van der Waals surface area (Å²) in [5, 5.41) is 0.584. The topological polar surface area (TPSA) is 57.7 Å².